The molecule has 0 aliphatic rings. The standard InChI is InChI=1S/C12H11FO2S/c1-12(2,13)10-6-8-7(11(14)15)4-3-5-9(8)16-10/h3-6H,1-2H3,(H,14,15). The van der Waals surface area contributed by atoms with Gasteiger partial charge in [0.1, 0.15) is 5.67 Å². The smallest absolute Gasteiger partial charge is 0.336 e. The van der Waals surface area contributed by atoms with E-state index in [-0.39, 0.29) is 5.56 Å². The third-order valence-corrected chi connectivity index (χ3v) is 3.78. The van der Waals surface area contributed by atoms with Gasteiger partial charge in [0.2, 0.25) is 0 Å². The molecule has 0 aliphatic carbocycles. The van der Waals surface area contributed by atoms with E-state index in [2.05, 4.69) is 0 Å². The number of hydrogen-bond donors (Lipinski definition) is 1. The highest BCUT2D eigenvalue weighted by molar-refractivity contribution is 7.19. The predicted molar refractivity (Wildman–Crippen MR) is 62.9 cm³/mol. The molecule has 4 heteroatoms. The number of carboxylic acid groups (broad SMARTS) is 1. The summed E-state index contributed by atoms with van der Waals surface area (Å²) in [6, 6.07) is 6.65. The first-order valence-electron chi connectivity index (χ1n) is 4.85. The molecule has 0 fully saturated rings. The Morgan fingerprint density at radius 2 is 2.12 bits per heavy atom. The van der Waals surface area contributed by atoms with E-state index in [1.54, 1.807) is 12.1 Å². The molecule has 16 heavy (non-hydrogen) atoms. The normalized spacial score (nSPS) is 11.9. The van der Waals surface area contributed by atoms with Gasteiger partial charge in [-0.1, -0.05) is 6.07 Å². The van der Waals surface area contributed by atoms with Gasteiger partial charge in [0, 0.05) is 15.0 Å². The summed E-state index contributed by atoms with van der Waals surface area (Å²) in [6.07, 6.45) is 0. The Morgan fingerprint density at radius 3 is 2.69 bits per heavy atom. The Morgan fingerprint density at radius 1 is 1.44 bits per heavy atom. The molecule has 0 saturated carbocycles. The lowest BCUT2D eigenvalue weighted by molar-refractivity contribution is 0.0699. The van der Waals surface area contributed by atoms with Crippen LogP contribution < -0.4 is 0 Å². The van der Waals surface area contributed by atoms with Crippen LogP contribution >= 0.6 is 11.3 Å². The lowest BCUT2D eigenvalue weighted by atomic mass is 10.1. The lowest BCUT2D eigenvalue weighted by Gasteiger charge is -2.09. The quantitative estimate of drug-likeness (QED) is 0.863. The molecule has 2 nitrogen and oxygen atoms in total. The number of fused-ring (bicyclic) bond motifs is 1. The number of benzene rings is 1. The third-order valence-electron chi connectivity index (χ3n) is 2.38. The maximum atomic E-state index is 13.8. The van der Waals surface area contributed by atoms with Gasteiger partial charge < -0.3 is 5.11 Å². The maximum Gasteiger partial charge on any atom is 0.336 e. The number of hydrogen-bond acceptors (Lipinski definition) is 2. The average Bonchev–Trinajstić information content (AvgIpc) is 2.59. The highest BCUT2D eigenvalue weighted by Crippen LogP contribution is 2.36. The molecule has 1 aromatic heterocycles. The van der Waals surface area contributed by atoms with E-state index in [1.165, 1.54) is 31.3 Å². The minimum Gasteiger partial charge on any atom is -0.478 e. The van der Waals surface area contributed by atoms with E-state index in [1.807, 2.05) is 6.07 Å². The molecular formula is C12H11FO2S. The fourth-order valence-corrected chi connectivity index (χ4v) is 2.62. The van der Waals surface area contributed by atoms with Crippen LogP contribution in [0.2, 0.25) is 0 Å². The molecule has 2 aromatic rings. The summed E-state index contributed by atoms with van der Waals surface area (Å²) in [5, 5.41) is 9.62. The molecule has 0 saturated heterocycles. The largest absolute Gasteiger partial charge is 0.478 e. The van der Waals surface area contributed by atoms with E-state index in [0.717, 1.165) is 4.70 Å². The van der Waals surface area contributed by atoms with E-state index >= 15 is 0 Å². The molecule has 1 heterocycles. The second-order valence-corrected chi connectivity index (χ2v) is 5.19. The van der Waals surface area contributed by atoms with E-state index in [0.29, 0.717) is 10.3 Å². The van der Waals surface area contributed by atoms with Crippen molar-refractivity contribution in [3.8, 4) is 0 Å². The SMILES string of the molecule is CC(C)(F)c1cc2c(C(=O)O)cccc2s1. The topological polar surface area (TPSA) is 37.3 Å². The van der Waals surface area contributed by atoms with E-state index < -0.39 is 11.6 Å². The van der Waals surface area contributed by atoms with E-state index in [4.69, 9.17) is 5.11 Å². The van der Waals surface area contributed by atoms with Gasteiger partial charge in [0.15, 0.2) is 0 Å². The number of carbonyl (C=O) groups is 1. The second kappa shape index (κ2) is 3.56. The highest BCUT2D eigenvalue weighted by atomic mass is 32.1. The minimum atomic E-state index is -1.43. The molecule has 2 rings (SSSR count). The first-order chi connectivity index (χ1) is 7.39. The van der Waals surface area contributed by atoms with E-state index in [9.17, 15) is 9.18 Å². The molecular weight excluding hydrogens is 227 g/mol. The monoisotopic (exact) mass is 238 g/mol. The summed E-state index contributed by atoms with van der Waals surface area (Å²) >= 11 is 1.30. The molecule has 0 spiro atoms. The summed E-state index contributed by atoms with van der Waals surface area (Å²) in [5.41, 5.74) is -1.20. The molecule has 1 N–H and O–H groups in total. The van der Waals surface area contributed by atoms with Crippen molar-refractivity contribution in [2.45, 2.75) is 19.5 Å². The summed E-state index contributed by atoms with van der Waals surface area (Å²) in [7, 11) is 0. The minimum absolute atomic E-state index is 0.226. The zero-order valence-electron chi connectivity index (χ0n) is 8.95. The van der Waals surface area contributed by atoms with Crippen molar-refractivity contribution in [2.75, 3.05) is 0 Å². The summed E-state index contributed by atoms with van der Waals surface area (Å²) in [6.45, 7) is 2.94. The molecule has 0 unspecified atom stereocenters. The first kappa shape index (κ1) is 11.1. The molecule has 84 valence electrons. The van der Waals surface area contributed by atoms with Gasteiger partial charge in [0.05, 0.1) is 5.56 Å². The van der Waals surface area contributed by atoms with Crippen LogP contribution in [0.3, 0.4) is 0 Å². The van der Waals surface area contributed by atoms with Crippen LogP contribution in [0.15, 0.2) is 24.3 Å². The summed E-state index contributed by atoms with van der Waals surface area (Å²) < 4.78 is 14.6. The molecule has 0 bridgehead atoms. The molecule has 0 amide bonds. The zero-order valence-corrected chi connectivity index (χ0v) is 9.77. The number of rotatable bonds is 2. The first-order valence-corrected chi connectivity index (χ1v) is 5.66. The van der Waals surface area contributed by atoms with Crippen molar-refractivity contribution >= 4 is 27.4 Å². The Bertz CT molecular complexity index is 552. The van der Waals surface area contributed by atoms with Crippen LogP contribution in [0.1, 0.15) is 29.1 Å². The van der Waals surface area contributed by atoms with Crippen LogP contribution in [-0.4, -0.2) is 11.1 Å². The van der Waals surface area contributed by atoms with Crippen molar-refractivity contribution in [1.29, 1.82) is 0 Å². The molecule has 0 atom stereocenters. The number of aromatic carboxylic acids is 1. The fraction of sp³-hybridized carbons (Fsp3) is 0.250. The van der Waals surface area contributed by atoms with Gasteiger partial charge in [-0.15, -0.1) is 11.3 Å². The summed E-state index contributed by atoms with van der Waals surface area (Å²) in [4.78, 5) is 11.5. The highest BCUT2D eigenvalue weighted by Gasteiger charge is 2.22. The van der Waals surface area contributed by atoms with Gasteiger partial charge in [-0.25, -0.2) is 9.18 Å². The average molecular weight is 238 g/mol. The van der Waals surface area contributed by atoms with Crippen LogP contribution in [0, 0.1) is 0 Å². The predicted octanol–water partition coefficient (Wildman–Crippen LogP) is 3.80. The van der Waals surface area contributed by atoms with Crippen LogP contribution in [0.5, 0.6) is 0 Å². The van der Waals surface area contributed by atoms with Crippen LogP contribution in [0.4, 0.5) is 4.39 Å². The molecule has 1 aromatic carbocycles. The zero-order chi connectivity index (χ0) is 11.9. The van der Waals surface area contributed by atoms with Crippen molar-refractivity contribution in [3.05, 3.63) is 34.7 Å². The molecule has 0 radical (unpaired) electrons. The van der Waals surface area contributed by atoms with Crippen LogP contribution in [-0.2, 0) is 5.67 Å². The van der Waals surface area contributed by atoms with Gasteiger partial charge in [-0.3, -0.25) is 0 Å². The maximum absolute atomic E-state index is 13.8. The van der Waals surface area contributed by atoms with Crippen molar-refractivity contribution < 1.29 is 14.3 Å². The third kappa shape index (κ3) is 1.80. The Hall–Kier alpha value is -1.42. The second-order valence-electron chi connectivity index (χ2n) is 4.11. The van der Waals surface area contributed by atoms with Gasteiger partial charge in [0.25, 0.3) is 0 Å². The Balaban J connectivity index is 2.71. The Labute approximate surface area is 96.3 Å². The van der Waals surface area contributed by atoms with Gasteiger partial charge in [-0.2, -0.15) is 0 Å². The Kier molecular flexibility index (Phi) is 2.46. The number of alkyl halides is 1. The van der Waals surface area contributed by atoms with Gasteiger partial charge >= 0.3 is 5.97 Å². The van der Waals surface area contributed by atoms with Crippen LogP contribution in [0.25, 0.3) is 10.1 Å². The van der Waals surface area contributed by atoms with Crippen molar-refractivity contribution in [1.82, 2.24) is 0 Å². The number of halogens is 1. The van der Waals surface area contributed by atoms with Crippen molar-refractivity contribution in [3.63, 3.8) is 0 Å². The van der Waals surface area contributed by atoms with Crippen molar-refractivity contribution in [2.24, 2.45) is 0 Å². The molecule has 0 aliphatic heterocycles. The summed E-state index contributed by atoms with van der Waals surface area (Å²) in [5.74, 6) is -0.980. The van der Waals surface area contributed by atoms with Gasteiger partial charge in [-0.05, 0) is 32.0 Å². The number of carboxylic acids is 1. The lowest BCUT2D eigenvalue weighted by Crippen LogP contribution is -2.05. The fourth-order valence-electron chi connectivity index (χ4n) is 1.54. The number of thiophene rings is 1.